The predicted octanol–water partition coefficient (Wildman–Crippen LogP) is 1.77. The summed E-state index contributed by atoms with van der Waals surface area (Å²) in [6.45, 7) is 8.03. The van der Waals surface area contributed by atoms with Gasteiger partial charge in [-0.15, -0.1) is 0 Å². The lowest BCUT2D eigenvalue weighted by molar-refractivity contribution is 0.153. The fourth-order valence-electron chi connectivity index (χ4n) is 3.34. The molecule has 0 aromatic carbocycles. The van der Waals surface area contributed by atoms with Gasteiger partial charge in [-0.3, -0.25) is 9.58 Å². The maximum Gasteiger partial charge on any atom is 0.0764 e. The van der Waals surface area contributed by atoms with Crippen LogP contribution in [0, 0.1) is 5.92 Å². The van der Waals surface area contributed by atoms with Gasteiger partial charge >= 0.3 is 0 Å². The van der Waals surface area contributed by atoms with Crippen molar-refractivity contribution in [3.05, 3.63) is 18.0 Å². The molecule has 0 spiro atoms. The summed E-state index contributed by atoms with van der Waals surface area (Å²) < 4.78 is 1.90. The Bertz CT molecular complexity index is 437. The SMILES string of the molecule is CC1CCNC(C)(C2CC2)CN1Cc1ccn(C)n1. The van der Waals surface area contributed by atoms with E-state index in [1.165, 1.54) is 25.0 Å². The van der Waals surface area contributed by atoms with Crippen molar-refractivity contribution in [2.45, 2.75) is 51.2 Å². The Morgan fingerprint density at radius 2 is 2.21 bits per heavy atom. The maximum atomic E-state index is 4.53. The molecule has 1 saturated carbocycles. The third-order valence-corrected chi connectivity index (χ3v) is 4.86. The highest BCUT2D eigenvalue weighted by Crippen LogP contribution is 2.41. The molecule has 106 valence electrons. The first-order valence-corrected chi connectivity index (χ1v) is 7.54. The Hall–Kier alpha value is -0.870. The molecule has 2 unspecified atom stereocenters. The van der Waals surface area contributed by atoms with Gasteiger partial charge in [-0.05, 0) is 51.6 Å². The van der Waals surface area contributed by atoms with Crippen molar-refractivity contribution >= 4 is 0 Å². The molecule has 0 amide bonds. The number of aromatic nitrogens is 2. The van der Waals surface area contributed by atoms with Crippen LogP contribution in [0.4, 0.5) is 0 Å². The normalized spacial score (nSPS) is 33.3. The lowest BCUT2D eigenvalue weighted by Crippen LogP contribution is -2.51. The van der Waals surface area contributed by atoms with Crippen LogP contribution in [-0.4, -0.2) is 39.4 Å². The van der Waals surface area contributed by atoms with E-state index >= 15 is 0 Å². The molecule has 2 heterocycles. The van der Waals surface area contributed by atoms with Gasteiger partial charge in [-0.2, -0.15) is 5.10 Å². The summed E-state index contributed by atoms with van der Waals surface area (Å²) >= 11 is 0. The van der Waals surface area contributed by atoms with Gasteiger partial charge in [0.25, 0.3) is 0 Å². The van der Waals surface area contributed by atoms with Crippen molar-refractivity contribution in [2.75, 3.05) is 13.1 Å². The van der Waals surface area contributed by atoms with Gasteiger partial charge in [0, 0.05) is 37.9 Å². The number of hydrogen-bond donors (Lipinski definition) is 1. The first-order valence-electron chi connectivity index (χ1n) is 7.54. The minimum atomic E-state index is 0.305. The zero-order chi connectivity index (χ0) is 13.5. The first kappa shape index (κ1) is 13.1. The number of rotatable bonds is 3. The van der Waals surface area contributed by atoms with Gasteiger partial charge in [-0.1, -0.05) is 0 Å². The molecule has 3 rings (SSSR count). The van der Waals surface area contributed by atoms with E-state index in [9.17, 15) is 0 Å². The average molecular weight is 262 g/mol. The van der Waals surface area contributed by atoms with Crippen molar-refractivity contribution in [3.63, 3.8) is 0 Å². The van der Waals surface area contributed by atoms with Crippen LogP contribution in [0.25, 0.3) is 0 Å². The summed E-state index contributed by atoms with van der Waals surface area (Å²) in [5, 5.41) is 8.34. The minimum Gasteiger partial charge on any atom is -0.310 e. The van der Waals surface area contributed by atoms with Crippen LogP contribution in [0.3, 0.4) is 0 Å². The fraction of sp³-hybridized carbons (Fsp3) is 0.800. The van der Waals surface area contributed by atoms with Crippen LogP contribution in [0.1, 0.15) is 38.8 Å². The Morgan fingerprint density at radius 3 is 2.84 bits per heavy atom. The molecule has 1 aliphatic carbocycles. The molecule has 4 nitrogen and oxygen atoms in total. The second-order valence-corrected chi connectivity index (χ2v) is 6.64. The first-order chi connectivity index (χ1) is 9.07. The minimum absolute atomic E-state index is 0.305. The second kappa shape index (κ2) is 4.91. The quantitative estimate of drug-likeness (QED) is 0.901. The number of nitrogens with one attached hydrogen (secondary N) is 1. The topological polar surface area (TPSA) is 33.1 Å². The van der Waals surface area contributed by atoms with Gasteiger partial charge in [-0.25, -0.2) is 0 Å². The Morgan fingerprint density at radius 1 is 1.42 bits per heavy atom. The van der Waals surface area contributed by atoms with E-state index in [1.54, 1.807) is 0 Å². The van der Waals surface area contributed by atoms with Crippen LogP contribution in [0.5, 0.6) is 0 Å². The van der Waals surface area contributed by atoms with Gasteiger partial charge in [0.2, 0.25) is 0 Å². The molecule has 2 aliphatic rings. The molecule has 1 saturated heterocycles. The van der Waals surface area contributed by atoms with Crippen molar-refractivity contribution < 1.29 is 0 Å². The molecule has 0 radical (unpaired) electrons. The molecule has 2 fully saturated rings. The van der Waals surface area contributed by atoms with Gasteiger partial charge in [0.15, 0.2) is 0 Å². The largest absolute Gasteiger partial charge is 0.310 e. The van der Waals surface area contributed by atoms with E-state index in [1.807, 2.05) is 17.9 Å². The Kier molecular flexibility index (Phi) is 3.39. The molecular formula is C15H26N4. The number of hydrogen-bond acceptors (Lipinski definition) is 3. The van der Waals surface area contributed by atoms with E-state index in [-0.39, 0.29) is 0 Å². The van der Waals surface area contributed by atoms with E-state index in [0.29, 0.717) is 11.6 Å². The number of aryl methyl sites for hydroxylation is 1. The second-order valence-electron chi connectivity index (χ2n) is 6.64. The third-order valence-electron chi connectivity index (χ3n) is 4.86. The van der Waals surface area contributed by atoms with Gasteiger partial charge in [0.1, 0.15) is 0 Å². The smallest absolute Gasteiger partial charge is 0.0764 e. The molecule has 2 atom stereocenters. The molecule has 1 aromatic rings. The highest BCUT2D eigenvalue weighted by molar-refractivity contribution is 5.04. The van der Waals surface area contributed by atoms with Crippen LogP contribution < -0.4 is 5.32 Å². The van der Waals surface area contributed by atoms with Crippen LogP contribution in [0.15, 0.2) is 12.3 Å². The molecule has 1 aliphatic heterocycles. The van der Waals surface area contributed by atoms with Crippen molar-refractivity contribution in [2.24, 2.45) is 13.0 Å². The van der Waals surface area contributed by atoms with Crippen LogP contribution >= 0.6 is 0 Å². The third kappa shape index (κ3) is 2.84. The standard InChI is InChI=1S/C15H26N4/c1-12-6-8-16-15(2,13-4-5-13)11-19(12)10-14-7-9-18(3)17-14/h7,9,12-13,16H,4-6,8,10-11H2,1-3H3. The van der Waals surface area contributed by atoms with Crippen molar-refractivity contribution in [3.8, 4) is 0 Å². The molecular weight excluding hydrogens is 236 g/mol. The molecule has 19 heavy (non-hydrogen) atoms. The highest BCUT2D eigenvalue weighted by atomic mass is 15.3. The molecule has 1 N–H and O–H groups in total. The monoisotopic (exact) mass is 262 g/mol. The lowest BCUT2D eigenvalue weighted by Gasteiger charge is -2.35. The maximum absolute atomic E-state index is 4.53. The summed E-state index contributed by atoms with van der Waals surface area (Å²) in [6.07, 6.45) is 6.07. The highest BCUT2D eigenvalue weighted by Gasteiger charge is 2.43. The summed E-state index contributed by atoms with van der Waals surface area (Å²) in [7, 11) is 1.99. The lowest BCUT2D eigenvalue weighted by atomic mass is 9.95. The molecule has 4 heteroatoms. The average Bonchev–Trinajstić information content (AvgIpc) is 3.14. The van der Waals surface area contributed by atoms with E-state index in [4.69, 9.17) is 0 Å². The fourth-order valence-corrected chi connectivity index (χ4v) is 3.34. The van der Waals surface area contributed by atoms with Gasteiger partial charge in [0.05, 0.1) is 5.69 Å². The van der Waals surface area contributed by atoms with E-state index in [2.05, 4.69) is 35.2 Å². The van der Waals surface area contributed by atoms with Crippen LogP contribution in [-0.2, 0) is 13.6 Å². The predicted molar refractivity (Wildman–Crippen MR) is 76.8 cm³/mol. The van der Waals surface area contributed by atoms with E-state index in [0.717, 1.165) is 25.6 Å². The van der Waals surface area contributed by atoms with Gasteiger partial charge < -0.3 is 5.32 Å². The summed E-state index contributed by atoms with van der Waals surface area (Å²) in [6, 6.07) is 2.77. The summed E-state index contributed by atoms with van der Waals surface area (Å²) in [5.74, 6) is 0.879. The number of nitrogens with zero attached hydrogens (tertiary/aromatic N) is 3. The van der Waals surface area contributed by atoms with Crippen LogP contribution in [0.2, 0.25) is 0 Å². The van der Waals surface area contributed by atoms with Crippen molar-refractivity contribution in [1.29, 1.82) is 0 Å². The zero-order valence-corrected chi connectivity index (χ0v) is 12.4. The zero-order valence-electron chi connectivity index (χ0n) is 12.4. The summed E-state index contributed by atoms with van der Waals surface area (Å²) in [5.41, 5.74) is 1.49. The summed E-state index contributed by atoms with van der Waals surface area (Å²) in [4.78, 5) is 2.61. The molecule has 0 bridgehead atoms. The van der Waals surface area contributed by atoms with Crippen molar-refractivity contribution in [1.82, 2.24) is 20.0 Å². The Labute approximate surface area is 116 Å². The Balaban J connectivity index is 1.73. The van der Waals surface area contributed by atoms with E-state index < -0.39 is 0 Å². The molecule has 1 aromatic heterocycles.